The number of hydrogen-bond donors (Lipinski definition) is 1. The number of carbonyl (C=O) groups is 1. The number of ether oxygens (including phenoxy) is 1. The summed E-state index contributed by atoms with van der Waals surface area (Å²) in [5.41, 5.74) is 2.33. The zero-order valence-corrected chi connectivity index (χ0v) is 13.4. The van der Waals surface area contributed by atoms with E-state index in [2.05, 4.69) is 43.4 Å². The Bertz CT molecular complexity index is 593. The molecule has 3 heteroatoms. The van der Waals surface area contributed by atoms with Crippen molar-refractivity contribution < 1.29 is 9.53 Å². The predicted octanol–water partition coefficient (Wildman–Crippen LogP) is 4.03. The highest BCUT2D eigenvalue weighted by molar-refractivity contribution is 5.81. The first-order valence-electron chi connectivity index (χ1n) is 7.68. The zero-order valence-electron chi connectivity index (χ0n) is 13.4. The van der Waals surface area contributed by atoms with Gasteiger partial charge in [0.1, 0.15) is 5.75 Å². The van der Waals surface area contributed by atoms with E-state index in [1.807, 2.05) is 30.3 Å². The van der Waals surface area contributed by atoms with Crippen molar-refractivity contribution in [3.63, 3.8) is 0 Å². The van der Waals surface area contributed by atoms with Crippen molar-refractivity contribution in [3.05, 3.63) is 65.7 Å². The van der Waals surface area contributed by atoms with Gasteiger partial charge in [-0.05, 0) is 38.0 Å². The molecule has 0 aliphatic carbocycles. The lowest BCUT2D eigenvalue weighted by Crippen LogP contribution is -2.38. The van der Waals surface area contributed by atoms with E-state index in [9.17, 15) is 4.79 Å². The maximum Gasteiger partial charge on any atom is 0.261 e. The molecule has 0 bridgehead atoms. The van der Waals surface area contributed by atoms with Crippen molar-refractivity contribution in [3.8, 4) is 5.75 Å². The fraction of sp³-hybridized carbons (Fsp3) is 0.316. The Kier molecular flexibility index (Phi) is 5.59. The molecule has 0 saturated heterocycles. The van der Waals surface area contributed by atoms with E-state index < -0.39 is 6.10 Å². The van der Waals surface area contributed by atoms with Crippen molar-refractivity contribution in [2.24, 2.45) is 0 Å². The summed E-state index contributed by atoms with van der Waals surface area (Å²) < 4.78 is 5.66. The van der Waals surface area contributed by atoms with Gasteiger partial charge < -0.3 is 10.1 Å². The molecule has 0 spiro atoms. The average Bonchev–Trinajstić information content (AvgIpc) is 2.54. The highest BCUT2D eigenvalue weighted by Crippen LogP contribution is 2.18. The summed E-state index contributed by atoms with van der Waals surface area (Å²) in [6.07, 6.45) is 0.314. The number of carbonyl (C=O) groups excluding carboxylic acids is 1. The standard InChI is InChI=1S/C19H23NO2/c1-4-18(16-12-10-14(2)11-13-16)20-19(21)15(3)22-17-8-6-5-7-9-17/h5-13,15,18H,4H2,1-3H3,(H,20,21)/t15-,18+/m0/s1. The van der Waals surface area contributed by atoms with E-state index in [1.54, 1.807) is 6.92 Å². The molecule has 0 aliphatic rings. The number of benzene rings is 2. The molecule has 0 fully saturated rings. The number of amides is 1. The number of para-hydroxylation sites is 1. The van der Waals surface area contributed by atoms with Gasteiger partial charge in [-0.3, -0.25) is 4.79 Å². The topological polar surface area (TPSA) is 38.3 Å². The van der Waals surface area contributed by atoms with Crippen molar-refractivity contribution in [2.75, 3.05) is 0 Å². The van der Waals surface area contributed by atoms with Crippen LogP contribution in [0.15, 0.2) is 54.6 Å². The van der Waals surface area contributed by atoms with Crippen LogP contribution in [0.25, 0.3) is 0 Å². The largest absolute Gasteiger partial charge is 0.481 e. The van der Waals surface area contributed by atoms with Crippen LogP contribution in [0.4, 0.5) is 0 Å². The molecule has 0 aromatic heterocycles. The summed E-state index contributed by atoms with van der Waals surface area (Å²) in [4.78, 5) is 12.3. The summed E-state index contributed by atoms with van der Waals surface area (Å²) in [7, 11) is 0. The maximum atomic E-state index is 12.3. The number of nitrogens with one attached hydrogen (secondary N) is 1. The maximum absolute atomic E-state index is 12.3. The summed E-state index contributed by atoms with van der Waals surface area (Å²) in [5, 5.41) is 3.06. The van der Waals surface area contributed by atoms with Crippen LogP contribution in [0.3, 0.4) is 0 Å². The molecule has 0 heterocycles. The first-order valence-corrected chi connectivity index (χ1v) is 7.68. The summed E-state index contributed by atoms with van der Waals surface area (Å²) in [6.45, 7) is 5.89. The van der Waals surface area contributed by atoms with Crippen LogP contribution >= 0.6 is 0 Å². The van der Waals surface area contributed by atoms with Gasteiger partial charge in [0.05, 0.1) is 6.04 Å². The second-order valence-electron chi connectivity index (χ2n) is 5.45. The van der Waals surface area contributed by atoms with E-state index in [4.69, 9.17) is 4.74 Å². The van der Waals surface area contributed by atoms with Crippen LogP contribution in [0.2, 0.25) is 0 Å². The van der Waals surface area contributed by atoms with E-state index in [0.717, 1.165) is 12.0 Å². The minimum absolute atomic E-state index is 0.00919. The third kappa shape index (κ3) is 4.35. The van der Waals surface area contributed by atoms with Crippen LogP contribution in [0.1, 0.15) is 37.4 Å². The second-order valence-corrected chi connectivity index (χ2v) is 5.45. The molecule has 1 amide bonds. The van der Waals surface area contributed by atoms with Gasteiger partial charge >= 0.3 is 0 Å². The summed E-state index contributed by atoms with van der Waals surface area (Å²) >= 11 is 0. The summed E-state index contributed by atoms with van der Waals surface area (Å²) in [5.74, 6) is 0.602. The van der Waals surface area contributed by atoms with E-state index in [1.165, 1.54) is 5.56 Å². The molecule has 3 nitrogen and oxygen atoms in total. The molecule has 0 saturated carbocycles. The number of hydrogen-bond acceptors (Lipinski definition) is 2. The Labute approximate surface area is 132 Å². The first kappa shape index (κ1) is 16.1. The Hall–Kier alpha value is -2.29. The van der Waals surface area contributed by atoms with Crippen molar-refractivity contribution in [2.45, 2.75) is 39.3 Å². The third-order valence-electron chi connectivity index (χ3n) is 3.63. The van der Waals surface area contributed by atoms with Gasteiger partial charge in [0.2, 0.25) is 0 Å². The molecule has 0 unspecified atom stereocenters. The molecular weight excluding hydrogens is 274 g/mol. The van der Waals surface area contributed by atoms with E-state index in [-0.39, 0.29) is 11.9 Å². The lowest BCUT2D eigenvalue weighted by Gasteiger charge is -2.21. The summed E-state index contributed by atoms with van der Waals surface area (Å²) in [6, 6.07) is 17.7. The Morgan fingerprint density at radius 2 is 1.73 bits per heavy atom. The van der Waals surface area contributed by atoms with Gasteiger partial charge in [0.25, 0.3) is 5.91 Å². The van der Waals surface area contributed by atoms with Gasteiger partial charge in [0, 0.05) is 0 Å². The average molecular weight is 297 g/mol. The number of rotatable bonds is 6. The molecular formula is C19H23NO2. The predicted molar refractivity (Wildman–Crippen MR) is 88.9 cm³/mol. The zero-order chi connectivity index (χ0) is 15.9. The fourth-order valence-electron chi connectivity index (χ4n) is 2.27. The van der Waals surface area contributed by atoms with Gasteiger partial charge in [0.15, 0.2) is 6.10 Å². The molecule has 2 atom stereocenters. The molecule has 1 N–H and O–H groups in total. The number of aryl methyl sites for hydroxylation is 1. The minimum atomic E-state index is -0.526. The molecule has 2 aromatic carbocycles. The van der Waals surface area contributed by atoms with Gasteiger partial charge in [-0.15, -0.1) is 0 Å². The normalized spacial score (nSPS) is 13.2. The van der Waals surface area contributed by atoms with Crippen LogP contribution in [-0.4, -0.2) is 12.0 Å². The Morgan fingerprint density at radius 1 is 1.09 bits per heavy atom. The lowest BCUT2D eigenvalue weighted by molar-refractivity contribution is -0.128. The molecule has 2 rings (SSSR count). The van der Waals surface area contributed by atoms with Gasteiger partial charge in [-0.2, -0.15) is 0 Å². The third-order valence-corrected chi connectivity index (χ3v) is 3.63. The fourth-order valence-corrected chi connectivity index (χ4v) is 2.27. The molecule has 0 radical (unpaired) electrons. The second kappa shape index (κ2) is 7.64. The van der Waals surface area contributed by atoms with Crippen molar-refractivity contribution in [1.29, 1.82) is 0 Å². The van der Waals surface area contributed by atoms with Crippen LogP contribution in [0.5, 0.6) is 5.75 Å². The molecule has 22 heavy (non-hydrogen) atoms. The molecule has 116 valence electrons. The smallest absolute Gasteiger partial charge is 0.261 e. The minimum Gasteiger partial charge on any atom is -0.481 e. The highest BCUT2D eigenvalue weighted by atomic mass is 16.5. The van der Waals surface area contributed by atoms with Crippen LogP contribution in [0, 0.1) is 6.92 Å². The van der Waals surface area contributed by atoms with Gasteiger partial charge in [-0.25, -0.2) is 0 Å². The van der Waals surface area contributed by atoms with Crippen molar-refractivity contribution in [1.82, 2.24) is 5.32 Å². The lowest BCUT2D eigenvalue weighted by atomic mass is 10.0. The SMILES string of the molecule is CC[C@@H](NC(=O)[C@H](C)Oc1ccccc1)c1ccc(C)cc1. The van der Waals surface area contributed by atoms with Crippen molar-refractivity contribution >= 4 is 5.91 Å². The molecule has 2 aromatic rings. The van der Waals surface area contributed by atoms with Gasteiger partial charge in [-0.1, -0.05) is 55.0 Å². The molecule has 0 aliphatic heterocycles. The first-order chi connectivity index (χ1) is 10.6. The quantitative estimate of drug-likeness (QED) is 0.874. The Morgan fingerprint density at radius 3 is 2.32 bits per heavy atom. The van der Waals surface area contributed by atoms with E-state index >= 15 is 0 Å². The monoisotopic (exact) mass is 297 g/mol. The van der Waals surface area contributed by atoms with Crippen LogP contribution in [-0.2, 0) is 4.79 Å². The Balaban J connectivity index is 1.98. The highest BCUT2D eigenvalue weighted by Gasteiger charge is 2.19. The van der Waals surface area contributed by atoms with Crippen LogP contribution < -0.4 is 10.1 Å². The van der Waals surface area contributed by atoms with E-state index in [0.29, 0.717) is 5.75 Å².